The van der Waals surface area contributed by atoms with Gasteiger partial charge in [-0.3, -0.25) is 0 Å². The molecule has 0 amide bonds. The van der Waals surface area contributed by atoms with Crippen LogP contribution in [0.2, 0.25) is 0 Å². The minimum atomic E-state index is -0.929. The monoisotopic (exact) mass is 288 g/mol. The Kier molecular flexibility index (Phi) is 2.73. The van der Waals surface area contributed by atoms with E-state index in [0.717, 1.165) is 27.7 Å². The molecule has 3 heteroatoms. The summed E-state index contributed by atoms with van der Waals surface area (Å²) < 4.78 is 5.92. The fourth-order valence-electron chi connectivity index (χ4n) is 2.71. The summed E-state index contributed by atoms with van der Waals surface area (Å²) in [6, 6.07) is 20.9. The van der Waals surface area contributed by atoms with Gasteiger partial charge in [-0.1, -0.05) is 42.5 Å². The van der Waals surface area contributed by atoms with Crippen molar-refractivity contribution in [3.63, 3.8) is 0 Å². The number of carbonyl (C=O) groups is 1. The minimum absolute atomic E-state index is 0.269. The zero-order chi connectivity index (χ0) is 15.1. The maximum absolute atomic E-state index is 10.9. The second-order valence-electron chi connectivity index (χ2n) is 5.19. The van der Waals surface area contributed by atoms with Crippen molar-refractivity contribution in [1.29, 1.82) is 0 Å². The van der Waals surface area contributed by atoms with Gasteiger partial charge in [-0.15, -0.1) is 0 Å². The molecule has 0 spiro atoms. The molecule has 3 aromatic carbocycles. The summed E-state index contributed by atoms with van der Waals surface area (Å²) in [5.74, 6) is -0.189. The Morgan fingerprint density at radius 2 is 1.64 bits per heavy atom. The van der Waals surface area contributed by atoms with Crippen LogP contribution < -0.4 is 0 Å². The number of carboxylic acid groups (broad SMARTS) is 1. The van der Waals surface area contributed by atoms with E-state index in [9.17, 15) is 4.79 Å². The summed E-state index contributed by atoms with van der Waals surface area (Å²) in [4.78, 5) is 10.9. The van der Waals surface area contributed by atoms with Gasteiger partial charge in [0.15, 0.2) is 0 Å². The average molecular weight is 288 g/mol. The van der Waals surface area contributed by atoms with Crippen LogP contribution in [0.3, 0.4) is 0 Å². The molecule has 1 N–H and O–H groups in total. The van der Waals surface area contributed by atoms with E-state index in [-0.39, 0.29) is 5.56 Å². The van der Waals surface area contributed by atoms with E-state index >= 15 is 0 Å². The number of fused-ring (bicyclic) bond motifs is 3. The summed E-state index contributed by atoms with van der Waals surface area (Å²) in [6.45, 7) is 0. The van der Waals surface area contributed by atoms with Crippen molar-refractivity contribution in [2.75, 3.05) is 0 Å². The summed E-state index contributed by atoms with van der Waals surface area (Å²) >= 11 is 0. The number of rotatable bonds is 2. The van der Waals surface area contributed by atoms with Crippen molar-refractivity contribution in [2.45, 2.75) is 0 Å². The van der Waals surface area contributed by atoms with E-state index in [1.807, 2.05) is 30.3 Å². The van der Waals surface area contributed by atoms with Gasteiger partial charge in [-0.05, 0) is 35.0 Å². The molecule has 0 aliphatic heterocycles. The van der Waals surface area contributed by atoms with Crippen LogP contribution in [0.1, 0.15) is 10.4 Å². The van der Waals surface area contributed by atoms with Crippen molar-refractivity contribution >= 4 is 27.7 Å². The van der Waals surface area contributed by atoms with Crippen LogP contribution >= 0.6 is 0 Å². The summed E-state index contributed by atoms with van der Waals surface area (Å²) in [5, 5.41) is 12.3. The van der Waals surface area contributed by atoms with Gasteiger partial charge in [-0.2, -0.15) is 0 Å². The van der Waals surface area contributed by atoms with Crippen LogP contribution in [0.15, 0.2) is 71.1 Å². The molecule has 0 atom stereocenters. The summed E-state index contributed by atoms with van der Waals surface area (Å²) in [6.07, 6.45) is 0. The molecule has 1 aromatic heterocycles. The molecule has 1 heterocycles. The predicted molar refractivity (Wildman–Crippen MR) is 86.1 cm³/mol. The van der Waals surface area contributed by atoms with E-state index < -0.39 is 5.97 Å². The lowest BCUT2D eigenvalue weighted by atomic mass is 10.1. The van der Waals surface area contributed by atoms with Gasteiger partial charge < -0.3 is 9.52 Å². The lowest BCUT2D eigenvalue weighted by Gasteiger charge is -1.97. The average Bonchev–Trinajstić information content (AvgIpc) is 2.99. The van der Waals surface area contributed by atoms with Crippen LogP contribution in [0.25, 0.3) is 33.1 Å². The molecule has 0 aliphatic carbocycles. The molecule has 0 bridgehead atoms. The smallest absolute Gasteiger partial charge is 0.335 e. The first-order valence-electron chi connectivity index (χ1n) is 6.97. The standard InChI is InChI=1S/C19H12O3/c20-19(21)14-7-5-13(6-8-14)18-11-16-15-4-2-1-3-12(15)9-10-17(16)22-18/h1-11H,(H,20,21). The van der Waals surface area contributed by atoms with E-state index in [1.54, 1.807) is 24.3 Å². The van der Waals surface area contributed by atoms with Crippen LogP contribution in [-0.2, 0) is 0 Å². The molecule has 3 nitrogen and oxygen atoms in total. The lowest BCUT2D eigenvalue weighted by molar-refractivity contribution is 0.0697. The van der Waals surface area contributed by atoms with E-state index in [2.05, 4.69) is 12.1 Å². The number of hydrogen-bond acceptors (Lipinski definition) is 2. The van der Waals surface area contributed by atoms with Gasteiger partial charge in [0.2, 0.25) is 0 Å². The summed E-state index contributed by atoms with van der Waals surface area (Å²) in [7, 11) is 0. The number of aromatic carboxylic acids is 1. The first-order chi connectivity index (χ1) is 10.7. The maximum Gasteiger partial charge on any atom is 0.335 e. The van der Waals surface area contributed by atoms with Gasteiger partial charge in [0.25, 0.3) is 0 Å². The second-order valence-corrected chi connectivity index (χ2v) is 5.19. The third-order valence-corrected chi connectivity index (χ3v) is 3.84. The quantitative estimate of drug-likeness (QED) is 0.567. The highest BCUT2D eigenvalue weighted by Crippen LogP contribution is 2.32. The zero-order valence-electron chi connectivity index (χ0n) is 11.6. The van der Waals surface area contributed by atoms with Crippen molar-refractivity contribution < 1.29 is 14.3 Å². The van der Waals surface area contributed by atoms with Crippen LogP contribution in [0.5, 0.6) is 0 Å². The molecule has 0 unspecified atom stereocenters. The first kappa shape index (κ1) is 12.7. The highest BCUT2D eigenvalue weighted by Gasteiger charge is 2.10. The zero-order valence-corrected chi connectivity index (χ0v) is 11.6. The molecule has 0 fully saturated rings. The van der Waals surface area contributed by atoms with E-state index in [0.29, 0.717) is 0 Å². The van der Waals surface area contributed by atoms with Gasteiger partial charge in [0.1, 0.15) is 11.3 Å². The SMILES string of the molecule is O=C(O)c1ccc(-c2cc3c(ccc4ccccc43)o2)cc1. The van der Waals surface area contributed by atoms with E-state index in [4.69, 9.17) is 9.52 Å². The lowest BCUT2D eigenvalue weighted by Crippen LogP contribution is -1.94. The van der Waals surface area contributed by atoms with Crippen molar-refractivity contribution in [2.24, 2.45) is 0 Å². The van der Waals surface area contributed by atoms with Crippen molar-refractivity contribution in [1.82, 2.24) is 0 Å². The Morgan fingerprint density at radius 1 is 0.864 bits per heavy atom. The molecule has 0 saturated heterocycles. The Balaban J connectivity index is 1.88. The molecule has 4 rings (SSSR count). The maximum atomic E-state index is 10.9. The highest BCUT2D eigenvalue weighted by molar-refractivity contribution is 6.07. The topological polar surface area (TPSA) is 50.4 Å². The molecule has 0 aliphatic rings. The fraction of sp³-hybridized carbons (Fsp3) is 0. The molecular weight excluding hydrogens is 276 g/mol. The molecule has 106 valence electrons. The first-order valence-corrected chi connectivity index (χ1v) is 6.97. The number of furan rings is 1. The molecular formula is C19H12O3. The highest BCUT2D eigenvalue weighted by atomic mass is 16.4. The Hall–Kier alpha value is -3.07. The number of benzene rings is 3. The minimum Gasteiger partial charge on any atom is -0.478 e. The van der Waals surface area contributed by atoms with Crippen LogP contribution in [-0.4, -0.2) is 11.1 Å². The van der Waals surface area contributed by atoms with Crippen LogP contribution in [0.4, 0.5) is 0 Å². The van der Waals surface area contributed by atoms with Crippen molar-refractivity contribution in [3.05, 3.63) is 72.3 Å². The van der Waals surface area contributed by atoms with Gasteiger partial charge >= 0.3 is 5.97 Å². The fourth-order valence-corrected chi connectivity index (χ4v) is 2.71. The van der Waals surface area contributed by atoms with Crippen LogP contribution in [0, 0.1) is 0 Å². The molecule has 22 heavy (non-hydrogen) atoms. The van der Waals surface area contributed by atoms with E-state index in [1.165, 1.54) is 5.39 Å². The Labute approximate surface area is 126 Å². The van der Waals surface area contributed by atoms with Gasteiger partial charge in [0.05, 0.1) is 5.56 Å². The number of carboxylic acids is 1. The largest absolute Gasteiger partial charge is 0.478 e. The van der Waals surface area contributed by atoms with Crippen molar-refractivity contribution in [3.8, 4) is 11.3 Å². The Bertz CT molecular complexity index is 994. The normalized spacial score (nSPS) is 11.1. The van der Waals surface area contributed by atoms with Gasteiger partial charge in [0, 0.05) is 10.9 Å². The molecule has 0 radical (unpaired) electrons. The predicted octanol–water partition coefficient (Wildman–Crippen LogP) is 4.95. The number of hydrogen-bond donors (Lipinski definition) is 1. The molecule has 4 aromatic rings. The molecule has 0 saturated carbocycles. The second kappa shape index (κ2) is 4.74. The van der Waals surface area contributed by atoms with Gasteiger partial charge in [-0.25, -0.2) is 4.79 Å². The Morgan fingerprint density at radius 3 is 2.41 bits per heavy atom. The summed E-state index contributed by atoms with van der Waals surface area (Å²) in [5.41, 5.74) is 1.96. The third-order valence-electron chi connectivity index (χ3n) is 3.84. The third kappa shape index (κ3) is 1.95.